The number of allylic oxidation sites excluding steroid dienone is 2. The topological polar surface area (TPSA) is 116 Å². The van der Waals surface area contributed by atoms with Crippen LogP contribution in [-0.2, 0) is 24.6 Å². The van der Waals surface area contributed by atoms with E-state index in [1.54, 1.807) is 54.6 Å². The molecule has 50 heavy (non-hydrogen) atoms. The lowest BCUT2D eigenvalue weighted by Crippen LogP contribution is -2.53. The van der Waals surface area contributed by atoms with Crippen molar-refractivity contribution < 1.29 is 29.0 Å². The molecule has 252 valence electrons. The van der Waals surface area contributed by atoms with Gasteiger partial charge in [0.2, 0.25) is 11.8 Å². The maximum Gasteiger partial charge on any atom is 0.260 e. The fraction of sp³-hybridized carbons (Fsp3) is 0.250. The van der Waals surface area contributed by atoms with E-state index in [4.69, 9.17) is 16.3 Å². The van der Waals surface area contributed by atoms with Crippen LogP contribution in [0.1, 0.15) is 35.4 Å². The van der Waals surface area contributed by atoms with Gasteiger partial charge in [0.15, 0.2) is 11.5 Å². The summed E-state index contributed by atoms with van der Waals surface area (Å²) in [6.07, 6.45) is 2.36. The first-order chi connectivity index (χ1) is 24.2. The van der Waals surface area contributed by atoms with Crippen molar-refractivity contribution in [2.75, 3.05) is 17.4 Å². The molecule has 6 unspecified atom stereocenters. The number of carbonyl (C=O) groups excluding carboxylic acids is 4. The number of aryl methyl sites for hydroxylation is 1. The fourth-order valence-electron chi connectivity index (χ4n) is 8.87. The van der Waals surface area contributed by atoms with Gasteiger partial charge in [0.25, 0.3) is 11.8 Å². The molecule has 4 aromatic rings. The predicted octanol–water partition coefficient (Wildman–Crippen LogP) is 6.55. The second-order valence-corrected chi connectivity index (χ2v) is 13.9. The molecular formula is C40H34ClN3O6. The number of anilines is 2. The van der Waals surface area contributed by atoms with E-state index in [0.717, 1.165) is 16.1 Å². The number of para-hydroxylation sites is 1. The number of methoxy groups -OCH3 is 1. The van der Waals surface area contributed by atoms with Crippen LogP contribution in [0.4, 0.5) is 11.4 Å². The summed E-state index contributed by atoms with van der Waals surface area (Å²) in [7, 11) is 1.45. The van der Waals surface area contributed by atoms with Gasteiger partial charge in [0.1, 0.15) is 0 Å². The Morgan fingerprint density at radius 1 is 0.840 bits per heavy atom. The van der Waals surface area contributed by atoms with Crippen molar-refractivity contribution in [2.24, 2.45) is 23.7 Å². The van der Waals surface area contributed by atoms with Gasteiger partial charge in [-0.15, -0.1) is 0 Å². The molecule has 6 atom stereocenters. The number of phenols is 1. The summed E-state index contributed by atoms with van der Waals surface area (Å²) in [6.45, 7) is 1.95. The highest BCUT2D eigenvalue weighted by molar-refractivity contribution is 6.31. The zero-order chi connectivity index (χ0) is 34.9. The Balaban J connectivity index is 1.33. The van der Waals surface area contributed by atoms with Gasteiger partial charge < -0.3 is 9.84 Å². The monoisotopic (exact) mass is 687 g/mol. The first kappa shape index (κ1) is 31.8. The molecule has 2 heterocycles. The molecule has 4 aromatic carbocycles. The van der Waals surface area contributed by atoms with Gasteiger partial charge in [-0.2, -0.15) is 5.01 Å². The average Bonchev–Trinajstić information content (AvgIpc) is 3.51. The number of carbonyl (C=O) groups is 4. The number of imide groups is 2. The first-order valence-corrected chi connectivity index (χ1v) is 17.0. The van der Waals surface area contributed by atoms with E-state index >= 15 is 4.79 Å². The van der Waals surface area contributed by atoms with Gasteiger partial charge in [0.05, 0.1) is 41.7 Å². The van der Waals surface area contributed by atoms with Crippen molar-refractivity contribution >= 4 is 46.6 Å². The number of halogens is 1. The fourth-order valence-corrected chi connectivity index (χ4v) is 9.00. The molecule has 0 bridgehead atoms. The van der Waals surface area contributed by atoms with Crippen LogP contribution in [0.3, 0.4) is 0 Å². The van der Waals surface area contributed by atoms with Gasteiger partial charge in [-0.25, -0.2) is 0 Å². The number of benzene rings is 4. The van der Waals surface area contributed by atoms with Crippen molar-refractivity contribution in [1.29, 1.82) is 0 Å². The second-order valence-electron chi connectivity index (χ2n) is 13.5. The van der Waals surface area contributed by atoms with E-state index in [1.165, 1.54) is 12.0 Å². The quantitative estimate of drug-likeness (QED) is 0.174. The van der Waals surface area contributed by atoms with Crippen molar-refractivity contribution in [3.8, 4) is 11.5 Å². The Hall–Kier alpha value is -5.41. The molecule has 2 N–H and O–H groups in total. The molecule has 2 saturated heterocycles. The number of hydrogen-bond donors (Lipinski definition) is 2. The number of ether oxygens (including phenoxy) is 1. The van der Waals surface area contributed by atoms with Gasteiger partial charge in [-0.1, -0.05) is 83.4 Å². The third-order valence-corrected chi connectivity index (χ3v) is 11.3. The number of phenolic OH excluding ortho intramolecular Hbond substituents is 1. The normalized spacial score (nSPS) is 27.1. The Morgan fingerprint density at radius 3 is 2.26 bits per heavy atom. The van der Waals surface area contributed by atoms with E-state index in [9.17, 15) is 19.5 Å². The predicted molar refractivity (Wildman–Crippen MR) is 187 cm³/mol. The molecule has 2 aliphatic carbocycles. The van der Waals surface area contributed by atoms with Gasteiger partial charge in [-0.3, -0.25) is 29.5 Å². The van der Waals surface area contributed by atoms with E-state index in [1.807, 2.05) is 55.5 Å². The number of hydrogen-bond acceptors (Lipinski definition) is 7. The van der Waals surface area contributed by atoms with Crippen LogP contribution in [0, 0.1) is 30.6 Å². The summed E-state index contributed by atoms with van der Waals surface area (Å²) >= 11 is 6.13. The number of nitrogens with one attached hydrogen (secondary N) is 1. The van der Waals surface area contributed by atoms with Gasteiger partial charge in [-0.05, 0) is 73.7 Å². The van der Waals surface area contributed by atoms with Crippen molar-refractivity contribution in [3.63, 3.8) is 0 Å². The zero-order valence-corrected chi connectivity index (χ0v) is 28.1. The summed E-state index contributed by atoms with van der Waals surface area (Å²) in [5.74, 6) is -5.34. The molecule has 0 aromatic heterocycles. The van der Waals surface area contributed by atoms with Crippen molar-refractivity contribution in [2.45, 2.75) is 31.1 Å². The number of nitrogens with zero attached hydrogens (tertiary/aromatic N) is 2. The maximum absolute atomic E-state index is 15.2. The van der Waals surface area contributed by atoms with E-state index in [0.29, 0.717) is 27.5 Å². The van der Waals surface area contributed by atoms with Crippen LogP contribution in [0.2, 0.25) is 5.02 Å². The summed E-state index contributed by atoms with van der Waals surface area (Å²) < 4.78 is 5.53. The van der Waals surface area contributed by atoms with Crippen molar-refractivity contribution in [1.82, 2.24) is 5.01 Å². The Labute approximate surface area is 294 Å². The summed E-state index contributed by atoms with van der Waals surface area (Å²) in [6, 6.07) is 28.3. The molecule has 2 aliphatic heterocycles. The Bertz CT molecular complexity index is 2080. The zero-order valence-electron chi connectivity index (χ0n) is 27.4. The van der Waals surface area contributed by atoms with Crippen LogP contribution in [0.15, 0.2) is 109 Å². The van der Waals surface area contributed by atoms with Crippen LogP contribution in [0.25, 0.3) is 0 Å². The minimum Gasteiger partial charge on any atom is -0.504 e. The molecule has 8 rings (SSSR count). The smallest absolute Gasteiger partial charge is 0.260 e. The Kier molecular flexibility index (Phi) is 7.56. The van der Waals surface area contributed by atoms with E-state index < -0.39 is 46.8 Å². The largest absolute Gasteiger partial charge is 0.504 e. The van der Waals surface area contributed by atoms with Gasteiger partial charge in [0, 0.05) is 16.5 Å². The number of fused-ring (bicyclic) bond motifs is 4. The first-order valence-electron chi connectivity index (χ1n) is 16.6. The minimum atomic E-state index is -1.50. The van der Waals surface area contributed by atoms with E-state index in [2.05, 4.69) is 5.43 Å². The molecule has 4 aliphatic rings. The lowest BCUT2D eigenvalue weighted by atomic mass is 9.49. The van der Waals surface area contributed by atoms with Crippen LogP contribution in [0.5, 0.6) is 11.5 Å². The third-order valence-electron chi connectivity index (χ3n) is 11.0. The van der Waals surface area contributed by atoms with Crippen LogP contribution in [-0.4, -0.2) is 40.9 Å². The Morgan fingerprint density at radius 2 is 1.56 bits per heavy atom. The molecular weight excluding hydrogens is 654 g/mol. The van der Waals surface area contributed by atoms with Gasteiger partial charge >= 0.3 is 0 Å². The highest BCUT2D eigenvalue weighted by Crippen LogP contribution is 2.65. The molecule has 0 radical (unpaired) electrons. The SMILES string of the molecule is COc1cccc(C2C3=CCC4C(=O)N(c5ccc(Cl)cc5)C(=O)C4C3CC3C(=O)N(Nc4ccc(C)cc4)C(=O)C32c2ccccc2)c1O. The van der Waals surface area contributed by atoms with E-state index in [-0.39, 0.29) is 36.2 Å². The van der Waals surface area contributed by atoms with Crippen LogP contribution < -0.4 is 15.1 Å². The maximum atomic E-state index is 15.2. The average molecular weight is 688 g/mol. The molecule has 10 heteroatoms. The summed E-state index contributed by atoms with van der Waals surface area (Å²) in [4.78, 5) is 59.6. The number of hydrazine groups is 1. The molecule has 4 amide bonds. The molecule has 0 spiro atoms. The van der Waals surface area contributed by atoms with Crippen LogP contribution >= 0.6 is 11.6 Å². The third kappa shape index (κ3) is 4.53. The number of amides is 4. The minimum absolute atomic E-state index is 0.146. The summed E-state index contributed by atoms with van der Waals surface area (Å²) in [5.41, 5.74) is 5.35. The number of rotatable bonds is 6. The van der Waals surface area contributed by atoms with Crippen molar-refractivity contribution in [3.05, 3.63) is 130 Å². The molecule has 1 saturated carbocycles. The lowest BCUT2D eigenvalue weighted by molar-refractivity contribution is -0.138. The molecule has 9 nitrogen and oxygen atoms in total. The standard InChI is InChI=1S/C40H34ClN3O6/c1-22-11-15-25(16-12-22)42-44-37(47)31-21-30-27(19-20-28-33(30)38(48)43(36(28)46)26-17-13-24(41)14-18-26)34(29-9-6-10-32(50-2)35(29)45)40(31,39(44)49)23-7-4-3-5-8-23/h3-19,28,30-31,33-34,42,45H,20-21H2,1-2H3. The second kappa shape index (κ2) is 11.9. The highest BCUT2D eigenvalue weighted by Gasteiger charge is 2.70. The molecule has 3 fully saturated rings. The highest BCUT2D eigenvalue weighted by atomic mass is 35.5. The number of aromatic hydroxyl groups is 1. The summed E-state index contributed by atoms with van der Waals surface area (Å²) in [5, 5.41) is 13.3. The lowest BCUT2D eigenvalue weighted by Gasteiger charge is -2.50.